The van der Waals surface area contributed by atoms with Gasteiger partial charge in [0.15, 0.2) is 12.4 Å². The molecule has 2 aromatic carbocycles. The van der Waals surface area contributed by atoms with Crippen LogP contribution in [0.5, 0.6) is 5.75 Å². The van der Waals surface area contributed by atoms with Crippen molar-refractivity contribution >= 4 is 40.1 Å². The smallest absolute Gasteiger partial charge is 0.258 e. The highest BCUT2D eigenvalue weighted by Gasteiger charge is 2.27. The minimum absolute atomic E-state index is 0.0303. The summed E-state index contributed by atoms with van der Waals surface area (Å²) in [6.07, 6.45) is 4.36. The summed E-state index contributed by atoms with van der Waals surface area (Å²) in [5, 5.41) is 7.69. The summed E-state index contributed by atoms with van der Waals surface area (Å²) in [6, 6.07) is 15.8. The molecule has 38 heavy (non-hydrogen) atoms. The summed E-state index contributed by atoms with van der Waals surface area (Å²) < 4.78 is 11.1. The summed E-state index contributed by atoms with van der Waals surface area (Å²) in [5.74, 6) is 1.69. The van der Waals surface area contributed by atoms with Crippen molar-refractivity contribution in [1.29, 1.82) is 0 Å². The van der Waals surface area contributed by atoms with E-state index in [1.165, 1.54) is 11.8 Å². The monoisotopic (exact) mass is 538 g/mol. The van der Waals surface area contributed by atoms with E-state index in [2.05, 4.69) is 10.6 Å². The highest BCUT2D eigenvalue weighted by Crippen LogP contribution is 2.25. The van der Waals surface area contributed by atoms with E-state index in [1.807, 2.05) is 75.4 Å². The van der Waals surface area contributed by atoms with Gasteiger partial charge in [-0.1, -0.05) is 70.0 Å². The number of benzene rings is 2. The second kappa shape index (κ2) is 15.2. The van der Waals surface area contributed by atoms with Crippen LogP contribution in [0.1, 0.15) is 52.2 Å². The van der Waals surface area contributed by atoms with Crippen molar-refractivity contribution in [2.24, 2.45) is 5.92 Å². The average molecular weight is 539 g/mol. The van der Waals surface area contributed by atoms with E-state index in [-0.39, 0.29) is 35.9 Å². The van der Waals surface area contributed by atoms with Gasteiger partial charge in [-0.2, -0.15) is 0 Å². The number of carbonyl (C=O) groups is 3. The van der Waals surface area contributed by atoms with Crippen LogP contribution in [-0.4, -0.2) is 42.0 Å². The van der Waals surface area contributed by atoms with Gasteiger partial charge < -0.3 is 19.8 Å². The van der Waals surface area contributed by atoms with Gasteiger partial charge >= 0.3 is 0 Å². The number of hydrogen-bond acceptors (Lipinski definition) is 6. The molecule has 7 nitrogen and oxygen atoms in total. The Morgan fingerprint density at radius 1 is 0.974 bits per heavy atom. The van der Waals surface area contributed by atoms with Gasteiger partial charge in [-0.25, -0.2) is 0 Å². The summed E-state index contributed by atoms with van der Waals surface area (Å²) >= 11 is 1.46. The molecule has 2 atom stereocenters. The Morgan fingerprint density at radius 2 is 1.76 bits per heavy atom. The zero-order chi connectivity index (χ0) is 27.3. The molecule has 0 saturated carbocycles. The van der Waals surface area contributed by atoms with E-state index in [1.54, 1.807) is 6.26 Å². The number of unbranched alkanes of at least 4 members (excludes halogenated alkanes) is 1. The molecule has 0 fully saturated rings. The summed E-state index contributed by atoms with van der Waals surface area (Å²) in [4.78, 5) is 39.0. The maximum absolute atomic E-state index is 13.3. The summed E-state index contributed by atoms with van der Waals surface area (Å²) in [7, 11) is 0. The van der Waals surface area contributed by atoms with Crippen LogP contribution in [0, 0.1) is 5.92 Å². The lowest BCUT2D eigenvalue weighted by Crippen LogP contribution is -2.53. The van der Waals surface area contributed by atoms with Crippen LogP contribution in [-0.2, 0) is 20.1 Å². The molecule has 3 rings (SSSR count). The molecule has 0 saturated heterocycles. The Balaban J connectivity index is 1.58. The second-order valence-corrected chi connectivity index (χ2v) is 10.7. The van der Waals surface area contributed by atoms with Crippen LogP contribution >= 0.6 is 11.8 Å². The Morgan fingerprint density at radius 3 is 2.50 bits per heavy atom. The predicted molar refractivity (Wildman–Crippen MR) is 152 cm³/mol. The number of Topliss-reactive ketones (excluding diaryl/α,β-unsaturated/α-hetero) is 1. The molecule has 0 aliphatic heterocycles. The van der Waals surface area contributed by atoms with Crippen LogP contribution in [0.2, 0.25) is 0 Å². The third kappa shape index (κ3) is 9.24. The van der Waals surface area contributed by atoms with E-state index in [9.17, 15) is 14.4 Å². The molecule has 8 heteroatoms. The molecule has 2 N–H and O–H groups in total. The van der Waals surface area contributed by atoms with Crippen molar-refractivity contribution in [2.75, 3.05) is 12.4 Å². The molecule has 0 bridgehead atoms. The second-order valence-electron chi connectivity index (χ2n) is 9.76. The molecule has 0 unspecified atom stereocenters. The molecule has 1 heterocycles. The first-order valence-corrected chi connectivity index (χ1v) is 14.4. The van der Waals surface area contributed by atoms with E-state index < -0.39 is 12.1 Å². The van der Waals surface area contributed by atoms with Gasteiger partial charge in [0.05, 0.1) is 23.8 Å². The van der Waals surface area contributed by atoms with Crippen LogP contribution in [0.25, 0.3) is 10.8 Å². The molecule has 3 aromatic rings. The first-order chi connectivity index (χ1) is 18.4. The topological polar surface area (TPSA) is 97.6 Å². The van der Waals surface area contributed by atoms with Crippen molar-refractivity contribution in [3.05, 3.63) is 66.6 Å². The maximum Gasteiger partial charge on any atom is 0.258 e. The number of ether oxygens (including phenoxy) is 1. The van der Waals surface area contributed by atoms with Crippen LogP contribution in [0.3, 0.4) is 0 Å². The van der Waals surface area contributed by atoms with E-state index in [4.69, 9.17) is 9.15 Å². The lowest BCUT2D eigenvalue weighted by Gasteiger charge is -2.24. The number of fused-ring (bicyclic) bond motifs is 1. The Bertz CT molecular complexity index is 1170. The normalized spacial score (nSPS) is 12.7. The lowest BCUT2D eigenvalue weighted by molar-refractivity contribution is -0.132. The third-order valence-electron chi connectivity index (χ3n) is 6.09. The van der Waals surface area contributed by atoms with Crippen molar-refractivity contribution in [3.63, 3.8) is 0 Å². The number of hydrogen-bond donors (Lipinski definition) is 2. The van der Waals surface area contributed by atoms with Crippen molar-refractivity contribution in [2.45, 2.75) is 64.3 Å². The number of amides is 2. The number of ketones is 1. The molecule has 0 radical (unpaired) electrons. The molecule has 0 aliphatic carbocycles. The zero-order valence-electron chi connectivity index (χ0n) is 22.4. The SMILES string of the molecule is CCCC[C@H](NC(=O)[C@H](CC(C)C)NC(=O)COc1cccc2ccccc12)C(=O)CSCc1ccco1. The highest BCUT2D eigenvalue weighted by molar-refractivity contribution is 7.99. The van der Waals surface area contributed by atoms with Gasteiger partial charge in [-0.15, -0.1) is 11.8 Å². The first-order valence-electron chi connectivity index (χ1n) is 13.2. The number of thioether (sulfide) groups is 1. The minimum atomic E-state index is -0.758. The van der Waals surface area contributed by atoms with Crippen LogP contribution in [0.4, 0.5) is 0 Å². The molecule has 2 amide bonds. The van der Waals surface area contributed by atoms with Crippen molar-refractivity contribution in [3.8, 4) is 5.75 Å². The van der Waals surface area contributed by atoms with Gasteiger partial charge in [0, 0.05) is 5.39 Å². The van der Waals surface area contributed by atoms with Gasteiger partial charge in [0.2, 0.25) is 5.91 Å². The zero-order valence-corrected chi connectivity index (χ0v) is 23.2. The summed E-state index contributed by atoms with van der Waals surface area (Å²) in [6.45, 7) is 5.82. The number of rotatable bonds is 16. The number of furan rings is 1. The van der Waals surface area contributed by atoms with Gasteiger partial charge in [0.25, 0.3) is 5.91 Å². The van der Waals surface area contributed by atoms with Gasteiger partial charge in [-0.3, -0.25) is 14.4 Å². The quantitative estimate of drug-likeness (QED) is 0.249. The van der Waals surface area contributed by atoms with Gasteiger partial charge in [-0.05, 0) is 42.3 Å². The number of nitrogens with one attached hydrogen (secondary N) is 2. The maximum atomic E-state index is 13.3. The van der Waals surface area contributed by atoms with Crippen LogP contribution in [0.15, 0.2) is 65.3 Å². The molecule has 204 valence electrons. The average Bonchev–Trinajstić information content (AvgIpc) is 3.42. The fourth-order valence-electron chi connectivity index (χ4n) is 4.15. The minimum Gasteiger partial charge on any atom is -0.483 e. The van der Waals surface area contributed by atoms with Crippen molar-refractivity contribution in [1.82, 2.24) is 10.6 Å². The van der Waals surface area contributed by atoms with Crippen LogP contribution < -0.4 is 15.4 Å². The van der Waals surface area contributed by atoms with E-state index in [0.717, 1.165) is 29.4 Å². The third-order valence-corrected chi connectivity index (χ3v) is 7.06. The fourth-order valence-corrected chi connectivity index (χ4v) is 5.02. The Labute approximate surface area is 229 Å². The largest absolute Gasteiger partial charge is 0.483 e. The van der Waals surface area contributed by atoms with Crippen molar-refractivity contribution < 1.29 is 23.5 Å². The standard InChI is InChI=1S/C30H38N2O5S/c1-4-5-14-25(27(33)20-38-19-23-12-9-16-36-23)32-30(35)26(17-21(2)3)31-29(34)18-37-28-15-8-11-22-10-6-7-13-24(22)28/h6-13,15-16,21,25-26H,4-5,14,17-20H2,1-3H3,(H,31,34)(H,32,35)/t25-,26-/m0/s1. The predicted octanol–water partition coefficient (Wildman–Crippen LogP) is 5.52. The molecular weight excluding hydrogens is 500 g/mol. The highest BCUT2D eigenvalue weighted by atomic mass is 32.2. The Kier molecular flexibility index (Phi) is 11.7. The molecule has 0 spiro atoms. The lowest BCUT2D eigenvalue weighted by atomic mass is 10.0. The molecular formula is C30H38N2O5S. The number of carbonyl (C=O) groups excluding carboxylic acids is 3. The van der Waals surface area contributed by atoms with E-state index in [0.29, 0.717) is 24.3 Å². The Hall–Kier alpha value is -3.26. The fraction of sp³-hybridized carbons (Fsp3) is 0.433. The molecule has 0 aliphatic rings. The van der Waals surface area contributed by atoms with E-state index >= 15 is 0 Å². The van der Waals surface area contributed by atoms with Gasteiger partial charge in [0.1, 0.15) is 17.6 Å². The summed E-state index contributed by atoms with van der Waals surface area (Å²) in [5.41, 5.74) is 0. The molecule has 1 aromatic heterocycles. The first kappa shape index (κ1) is 29.3.